The molecule has 0 unspecified atom stereocenters. The summed E-state index contributed by atoms with van der Waals surface area (Å²) in [6.45, 7) is -1.22. The number of anilines is 2. The highest BCUT2D eigenvalue weighted by Gasteiger charge is 2.31. The van der Waals surface area contributed by atoms with Crippen LogP contribution >= 0.6 is 0 Å². The number of ether oxygens (including phenoxy) is 1. The van der Waals surface area contributed by atoms with E-state index in [1.807, 2.05) is 0 Å². The van der Waals surface area contributed by atoms with Crippen molar-refractivity contribution < 1.29 is 27.8 Å². The zero-order valence-corrected chi connectivity index (χ0v) is 17.3. The Morgan fingerprint density at radius 1 is 1.13 bits per heavy atom. The Hall–Kier alpha value is -2.14. The summed E-state index contributed by atoms with van der Waals surface area (Å²) in [5, 5.41) is 16.5. The quantitative estimate of drug-likeness (QED) is 0.476. The number of alkyl halides is 3. The van der Waals surface area contributed by atoms with Gasteiger partial charge in [0.15, 0.2) is 0 Å². The predicted molar refractivity (Wildman–Crippen MR) is 109 cm³/mol. The summed E-state index contributed by atoms with van der Waals surface area (Å²) in [5.41, 5.74) is 5.64. The number of primary amides is 1. The molecule has 2 aliphatic carbocycles. The molecule has 1 amide bonds. The lowest BCUT2D eigenvalue weighted by Crippen LogP contribution is -2.32. The first-order chi connectivity index (χ1) is 14.7. The minimum atomic E-state index is -4.32. The van der Waals surface area contributed by atoms with Crippen LogP contribution in [-0.4, -0.2) is 58.1 Å². The van der Waals surface area contributed by atoms with Crippen molar-refractivity contribution in [3.8, 4) is 0 Å². The largest absolute Gasteiger partial charge is 0.411 e. The lowest BCUT2D eigenvalue weighted by Gasteiger charge is -2.29. The van der Waals surface area contributed by atoms with Gasteiger partial charge in [0.2, 0.25) is 5.95 Å². The van der Waals surface area contributed by atoms with Crippen LogP contribution in [0.5, 0.6) is 0 Å². The van der Waals surface area contributed by atoms with E-state index in [9.17, 15) is 23.1 Å². The number of halogens is 3. The van der Waals surface area contributed by atoms with Crippen LogP contribution in [-0.2, 0) is 4.74 Å². The summed E-state index contributed by atoms with van der Waals surface area (Å²) in [5.74, 6) is -0.00170. The first-order valence-electron chi connectivity index (χ1n) is 10.8. The topological polar surface area (TPSA) is 122 Å². The normalized spacial score (nSPS) is 27.4. The van der Waals surface area contributed by atoms with Crippen molar-refractivity contribution in [2.45, 2.75) is 88.3 Å². The minimum Gasteiger partial charge on any atom is -0.393 e. The summed E-state index contributed by atoms with van der Waals surface area (Å²) >= 11 is 0. The maximum absolute atomic E-state index is 12.3. The zero-order valence-electron chi connectivity index (χ0n) is 17.3. The third-order valence-electron chi connectivity index (χ3n) is 5.78. The number of hydrogen-bond acceptors (Lipinski definition) is 7. The van der Waals surface area contributed by atoms with Gasteiger partial charge in [0.1, 0.15) is 12.4 Å². The molecule has 11 heteroatoms. The second kappa shape index (κ2) is 10.4. The van der Waals surface area contributed by atoms with E-state index < -0.39 is 30.9 Å². The monoisotopic (exact) mass is 445 g/mol. The van der Waals surface area contributed by atoms with Crippen LogP contribution < -0.4 is 16.4 Å². The minimum absolute atomic E-state index is 0.00211. The molecule has 2 fully saturated rings. The third kappa shape index (κ3) is 7.49. The summed E-state index contributed by atoms with van der Waals surface area (Å²) in [4.78, 5) is 20.4. The van der Waals surface area contributed by atoms with Gasteiger partial charge in [0.05, 0.1) is 17.8 Å². The molecule has 3 rings (SSSR count). The molecule has 1 aromatic heterocycles. The van der Waals surface area contributed by atoms with E-state index in [4.69, 9.17) is 10.5 Å². The molecule has 5 N–H and O–H groups in total. The molecule has 2 saturated carbocycles. The highest BCUT2D eigenvalue weighted by molar-refractivity contribution is 5.97. The van der Waals surface area contributed by atoms with Crippen molar-refractivity contribution in [1.82, 2.24) is 9.97 Å². The van der Waals surface area contributed by atoms with Crippen LogP contribution in [0.4, 0.5) is 24.9 Å². The highest BCUT2D eigenvalue weighted by atomic mass is 19.4. The Balaban J connectivity index is 1.59. The van der Waals surface area contributed by atoms with E-state index >= 15 is 0 Å². The Morgan fingerprint density at radius 3 is 2.52 bits per heavy atom. The van der Waals surface area contributed by atoms with Crippen molar-refractivity contribution in [2.75, 3.05) is 17.2 Å². The molecule has 2 aliphatic rings. The smallest absolute Gasteiger partial charge is 0.393 e. The van der Waals surface area contributed by atoms with Crippen molar-refractivity contribution >= 4 is 17.7 Å². The zero-order chi connectivity index (χ0) is 22.4. The highest BCUT2D eigenvalue weighted by Crippen LogP contribution is 2.27. The average molecular weight is 445 g/mol. The number of nitrogens with two attached hydrogens (primary N) is 1. The van der Waals surface area contributed by atoms with Crippen molar-refractivity contribution in [3.63, 3.8) is 0 Å². The van der Waals surface area contributed by atoms with Crippen LogP contribution in [0, 0.1) is 0 Å². The van der Waals surface area contributed by atoms with Crippen molar-refractivity contribution in [3.05, 3.63) is 11.8 Å². The second-order valence-corrected chi connectivity index (χ2v) is 8.38. The van der Waals surface area contributed by atoms with E-state index in [2.05, 4.69) is 20.6 Å². The number of hydrogen-bond donors (Lipinski definition) is 4. The summed E-state index contributed by atoms with van der Waals surface area (Å²) in [7, 11) is 0. The van der Waals surface area contributed by atoms with Gasteiger partial charge in [-0.1, -0.05) is 12.8 Å². The van der Waals surface area contributed by atoms with E-state index in [-0.39, 0.29) is 17.6 Å². The molecule has 1 heterocycles. The number of nitrogens with zero attached hydrogens (tertiary/aromatic N) is 2. The summed E-state index contributed by atoms with van der Waals surface area (Å²) in [6.07, 6.45) is 2.61. The number of nitrogens with one attached hydrogen (secondary N) is 2. The van der Waals surface area contributed by atoms with Gasteiger partial charge in [-0.3, -0.25) is 4.79 Å². The second-order valence-electron chi connectivity index (χ2n) is 8.38. The standard InChI is InChI=1S/C20H30F3N5O3/c21-20(22,23)11-31-15-7-5-12(6-8-15)27-19-25-10-16(17(24)30)18(28-19)26-13-3-1-2-4-14(29)9-13/h10,12-15,29H,1-9,11H2,(H2,24,30)(H2,25,26,27,28)/t12?,13-,14+,15?/m1/s1. The third-order valence-corrected chi connectivity index (χ3v) is 5.78. The van der Waals surface area contributed by atoms with Gasteiger partial charge >= 0.3 is 6.18 Å². The lowest BCUT2D eigenvalue weighted by molar-refractivity contribution is -0.187. The van der Waals surface area contributed by atoms with Gasteiger partial charge in [-0.15, -0.1) is 0 Å². The van der Waals surface area contributed by atoms with E-state index in [0.717, 1.165) is 25.7 Å². The number of aliphatic hydroxyl groups excluding tert-OH is 1. The number of carbonyl (C=O) groups is 1. The lowest BCUT2D eigenvalue weighted by atomic mass is 9.93. The fourth-order valence-electron chi connectivity index (χ4n) is 4.17. The van der Waals surface area contributed by atoms with Gasteiger partial charge in [-0.05, 0) is 44.9 Å². The van der Waals surface area contributed by atoms with Crippen LogP contribution in [0.3, 0.4) is 0 Å². The van der Waals surface area contributed by atoms with E-state index in [1.54, 1.807) is 0 Å². The molecule has 0 saturated heterocycles. The molecule has 174 valence electrons. The number of rotatable bonds is 7. The van der Waals surface area contributed by atoms with Crippen molar-refractivity contribution in [1.29, 1.82) is 0 Å². The Labute approximate surface area is 179 Å². The first kappa shape index (κ1) is 23.5. The summed E-state index contributed by atoms with van der Waals surface area (Å²) in [6, 6.07) is -0.0303. The SMILES string of the molecule is NC(=O)c1cnc(NC2CCC(OCC(F)(F)F)CC2)nc1N[C@@H]1CCCC[C@H](O)C1. The molecular formula is C20H30F3N5O3. The maximum Gasteiger partial charge on any atom is 0.411 e. The number of carbonyl (C=O) groups excluding carboxylic acids is 1. The Bertz CT molecular complexity index is 741. The average Bonchev–Trinajstić information content (AvgIpc) is 2.90. The fourth-order valence-corrected chi connectivity index (χ4v) is 4.17. The maximum atomic E-state index is 12.3. The fraction of sp³-hybridized carbons (Fsp3) is 0.750. The number of aliphatic hydroxyl groups is 1. The van der Waals surface area contributed by atoms with Crippen LogP contribution in [0.1, 0.15) is 68.1 Å². The Morgan fingerprint density at radius 2 is 1.84 bits per heavy atom. The summed E-state index contributed by atoms with van der Waals surface area (Å²) < 4.78 is 41.9. The molecule has 1 aromatic rings. The predicted octanol–water partition coefficient (Wildman–Crippen LogP) is 2.98. The van der Waals surface area contributed by atoms with E-state index in [0.29, 0.717) is 43.9 Å². The molecular weight excluding hydrogens is 415 g/mol. The molecule has 0 spiro atoms. The number of amides is 1. The van der Waals surface area contributed by atoms with Crippen LogP contribution in [0.15, 0.2) is 6.20 Å². The van der Waals surface area contributed by atoms with Crippen molar-refractivity contribution in [2.24, 2.45) is 5.73 Å². The molecule has 0 bridgehead atoms. The number of aromatic nitrogens is 2. The van der Waals surface area contributed by atoms with Gasteiger partial charge in [0, 0.05) is 18.3 Å². The first-order valence-corrected chi connectivity index (χ1v) is 10.8. The molecule has 0 aliphatic heterocycles. The molecule has 0 radical (unpaired) electrons. The van der Waals surface area contributed by atoms with E-state index in [1.165, 1.54) is 6.20 Å². The Kier molecular flexibility index (Phi) is 7.93. The van der Waals surface area contributed by atoms with Gasteiger partial charge in [-0.2, -0.15) is 18.2 Å². The van der Waals surface area contributed by atoms with Gasteiger partial charge in [-0.25, -0.2) is 4.98 Å². The molecule has 0 aromatic carbocycles. The van der Waals surface area contributed by atoms with Crippen LogP contribution in [0.25, 0.3) is 0 Å². The molecule has 2 atom stereocenters. The molecule has 8 nitrogen and oxygen atoms in total. The van der Waals surface area contributed by atoms with Gasteiger partial charge in [0.25, 0.3) is 5.91 Å². The van der Waals surface area contributed by atoms with Gasteiger partial charge < -0.3 is 26.2 Å². The molecule has 31 heavy (non-hydrogen) atoms. The van der Waals surface area contributed by atoms with Crippen LogP contribution in [0.2, 0.25) is 0 Å².